The second-order valence-corrected chi connectivity index (χ2v) is 6.87. The Hall–Kier alpha value is -3.11. The first-order valence-electron chi connectivity index (χ1n) is 9.16. The van der Waals surface area contributed by atoms with Gasteiger partial charge in [0.05, 0.1) is 12.6 Å². The zero-order valence-corrected chi connectivity index (χ0v) is 15.0. The fraction of sp³-hybridized carbons (Fsp3) is 0.174. The average Bonchev–Trinajstić information content (AvgIpc) is 3.06. The highest BCUT2D eigenvalue weighted by Crippen LogP contribution is 2.37. The standard InChI is InChI=1S/C23H22N2O2/c26-15-20(12-16-6-2-1-3-7-16)25-23(27)24-19-10-11-22-18(14-19)13-17-8-4-5-9-21(17)22/h1-11,14,20,26H,12-13,15H2,(H2,24,25,27). The van der Waals surface area contributed by atoms with Crippen molar-refractivity contribution in [2.24, 2.45) is 0 Å². The number of aliphatic hydroxyl groups is 1. The van der Waals surface area contributed by atoms with Crippen molar-refractivity contribution < 1.29 is 9.90 Å². The van der Waals surface area contributed by atoms with Crippen molar-refractivity contribution in [1.29, 1.82) is 0 Å². The maximum Gasteiger partial charge on any atom is 0.319 e. The maximum absolute atomic E-state index is 12.4. The zero-order chi connectivity index (χ0) is 18.6. The monoisotopic (exact) mass is 358 g/mol. The first-order valence-corrected chi connectivity index (χ1v) is 9.16. The Bertz CT molecular complexity index is 954. The van der Waals surface area contributed by atoms with E-state index in [9.17, 15) is 9.90 Å². The van der Waals surface area contributed by atoms with Crippen LogP contribution in [-0.4, -0.2) is 23.8 Å². The Kier molecular flexibility index (Phi) is 4.90. The minimum absolute atomic E-state index is 0.109. The Balaban J connectivity index is 1.40. The SMILES string of the molecule is O=C(Nc1ccc2c(c1)Cc1ccccc1-2)NC(CO)Cc1ccccc1. The molecule has 0 saturated carbocycles. The van der Waals surface area contributed by atoms with Crippen LogP contribution in [0.5, 0.6) is 0 Å². The van der Waals surface area contributed by atoms with Gasteiger partial charge in [-0.2, -0.15) is 0 Å². The fourth-order valence-electron chi connectivity index (χ4n) is 3.64. The zero-order valence-electron chi connectivity index (χ0n) is 15.0. The molecule has 4 rings (SSSR count). The summed E-state index contributed by atoms with van der Waals surface area (Å²) in [4.78, 5) is 12.4. The van der Waals surface area contributed by atoms with Crippen molar-refractivity contribution in [3.05, 3.63) is 89.5 Å². The van der Waals surface area contributed by atoms with E-state index in [0.29, 0.717) is 6.42 Å². The van der Waals surface area contributed by atoms with E-state index in [1.807, 2.05) is 42.5 Å². The quantitative estimate of drug-likeness (QED) is 0.505. The van der Waals surface area contributed by atoms with Crippen molar-refractivity contribution in [3.63, 3.8) is 0 Å². The number of rotatable bonds is 5. The Morgan fingerprint density at radius 3 is 2.48 bits per heavy atom. The molecule has 27 heavy (non-hydrogen) atoms. The Morgan fingerprint density at radius 1 is 0.926 bits per heavy atom. The van der Waals surface area contributed by atoms with E-state index in [1.54, 1.807) is 0 Å². The van der Waals surface area contributed by atoms with Crippen LogP contribution in [0.1, 0.15) is 16.7 Å². The van der Waals surface area contributed by atoms with Gasteiger partial charge in [0.15, 0.2) is 0 Å². The molecule has 3 aromatic rings. The third-order valence-corrected chi connectivity index (χ3v) is 4.93. The summed E-state index contributed by atoms with van der Waals surface area (Å²) in [5.41, 5.74) is 6.87. The second-order valence-electron chi connectivity index (χ2n) is 6.87. The van der Waals surface area contributed by atoms with Gasteiger partial charge in [-0.1, -0.05) is 60.7 Å². The van der Waals surface area contributed by atoms with Crippen molar-refractivity contribution >= 4 is 11.7 Å². The molecule has 136 valence electrons. The second kappa shape index (κ2) is 7.64. The topological polar surface area (TPSA) is 61.4 Å². The molecule has 2 amide bonds. The van der Waals surface area contributed by atoms with Gasteiger partial charge in [-0.05, 0) is 52.8 Å². The summed E-state index contributed by atoms with van der Waals surface area (Å²) < 4.78 is 0. The number of fused-ring (bicyclic) bond motifs is 3. The molecule has 0 radical (unpaired) electrons. The van der Waals surface area contributed by atoms with Gasteiger partial charge in [-0.15, -0.1) is 0 Å². The molecule has 0 heterocycles. The highest BCUT2D eigenvalue weighted by molar-refractivity contribution is 5.90. The lowest BCUT2D eigenvalue weighted by Gasteiger charge is -2.17. The Morgan fingerprint density at radius 2 is 1.67 bits per heavy atom. The molecular weight excluding hydrogens is 336 g/mol. The van der Waals surface area contributed by atoms with Crippen molar-refractivity contribution in [1.82, 2.24) is 5.32 Å². The molecule has 4 nitrogen and oxygen atoms in total. The van der Waals surface area contributed by atoms with Gasteiger partial charge < -0.3 is 15.7 Å². The lowest BCUT2D eigenvalue weighted by Crippen LogP contribution is -2.41. The van der Waals surface area contributed by atoms with Crippen molar-refractivity contribution in [2.45, 2.75) is 18.9 Å². The Labute approximate surface area is 158 Å². The van der Waals surface area contributed by atoms with Crippen LogP contribution < -0.4 is 10.6 Å². The van der Waals surface area contributed by atoms with Gasteiger partial charge in [-0.3, -0.25) is 0 Å². The highest BCUT2D eigenvalue weighted by Gasteiger charge is 2.18. The minimum Gasteiger partial charge on any atom is -0.394 e. The number of hydrogen-bond donors (Lipinski definition) is 3. The predicted octanol–water partition coefficient (Wildman–Crippen LogP) is 3.98. The van der Waals surface area contributed by atoms with E-state index in [2.05, 4.69) is 41.0 Å². The number of amides is 2. The number of benzene rings is 3. The summed E-state index contributed by atoms with van der Waals surface area (Å²) in [5, 5.41) is 15.3. The molecule has 0 fully saturated rings. The van der Waals surface area contributed by atoms with Crippen molar-refractivity contribution in [2.75, 3.05) is 11.9 Å². The molecule has 0 aromatic heterocycles. The van der Waals surface area contributed by atoms with Gasteiger partial charge in [0, 0.05) is 5.69 Å². The average molecular weight is 358 g/mol. The highest BCUT2D eigenvalue weighted by atomic mass is 16.3. The third kappa shape index (κ3) is 3.86. The van der Waals surface area contributed by atoms with Gasteiger partial charge >= 0.3 is 6.03 Å². The van der Waals surface area contributed by atoms with E-state index in [4.69, 9.17) is 0 Å². The van der Waals surface area contributed by atoms with E-state index in [1.165, 1.54) is 22.3 Å². The molecule has 0 aliphatic heterocycles. The molecule has 1 unspecified atom stereocenters. The van der Waals surface area contributed by atoms with Gasteiger partial charge in [0.25, 0.3) is 0 Å². The summed E-state index contributed by atoms with van der Waals surface area (Å²) >= 11 is 0. The number of urea groups is 1. The molecule has 1 aliphatic carbocycles. The summed E-state index contributed by atoms with van der Waals surface area (Å²) in [7, 11) is 0. The molecule has 0 bridgehead atoms. The molecule has 0 saturated heterocycles. The van der Waals surface area contributed by atoms with Crippen LogP contribution in [0.3, 0.4) is 0 Å². The third-order valence-electron chi connectivity index (χ3n) is 4.93. The van der Waals surface area contributed by atoms with Crippen LogP contribution in [0, 0.1) is 0 Å². The van der Waals surface area contributed by atoms with E-state index in [-0.39, 0.29) is 18.7 Å². The number of carbonyl (C=O) groups excluding carboxylic acids is 1. The van der Waals surface area contributed by atoms with Crippen LogP contribution >= 0.6 is 0 Å². The van der Waals surface area contributed by atoms with Crippen LogP contribution in [0.2, 0.25) is 0 Å². The summed E-state index contributed by atoms with van der Waals surface area (Å²) in [6.07, 6.45) is 1.47. The van der Waals surface area contributed by atoms with Crippen LogP contribution in [0.15, 0.2) is 72.8 Å². The first kappa shape index (κ1) is 17.3. The number of aliphatic hydroxyl groups excluding tert-OH is 1. The van der Waals surface area contributed by atoms with E-state index < -0.39 is 0 Å². The molecule has 3 N–H and O–H groups in total. The summed E-state index contributed by atoms with van der Waals surface area (Å²) in [5.74, 6) is 0. The predicted molar refractivity (Wildman–Crippen MR) is 108 cm³/mol. The van der Waals surface area contributed by atoms with Gasteiger partial charge in [0.1, 0.15) is 0 Å². The normalized spacial score (nSPS) is 12.8. The van der Waals surface area contributed by atoms with Gasteiger partial charge in [-0.25, -0.2) is 4.79 Å². The maximum atomic E-state index is 12.4. The molecule has 4 heteroatoms. The number of anilines is 1. The fourth-order valence-corrected chi connectivity index (χ4v) is 3.64. The van der Waals surface area contributed by atoms with Crippen LogP contribution in [0.25, 0.3) is 11.1 Å². The van der Waals surface area contributed by atoms with E-state index >= 15 is 0 Å². The summed E-state index contributed by atoms with van der Waals surface area (Å²) in [6, 6.07) is 23.6. The van der Waals surface area contributed by atoms with Crippen LogP contribution in [0.4, 0.5) is 10.5 Å². The number of nitrogens with one attached hydrogen (secondary N) is 2. The molecular formula is C23H22N2O2. The van der Waals surface area contributed by atoms with E-state index in [0.717, 1.165) is 17.7 Å². The first-order chi connectivity index (χ1) is 13.2. The van der Waals surface area contributed by atoms with Crippen LogP contribution in [-0.2, 0) is 12.8 Å². The smallest absolute Gasteiger partial charge is 0.319 e. The summed E-state index contributed by atoms with van der Waals surface area (Å²) in [6.45, 7) is -0.109. The largest absolute Gasteiger partial charge is 0.394 e. The minimum atomic E-state index is -0.328. The number of carbonyl (C=O) groups is 1. The van der Waals surface area contributed by atoms with Crippen molar-refractivity contribution in [3.8, 4) is 11.1 Å². The lowest BCUT2D eigenvalue weighted by molar-refractivity contribution is 0.224. The molecule has 1 atom stereocenters. The molecule has 1 aliphatic rings. The molecule has 0 spiro atoms. The van der Waals surface area contributed by atoms with Gasteiger partial charge in [0.2, 0.25) is 0 Å². The lowest BCUT2D eigenvalue weighted by atomic mass is 10.1. The number of hydrogen-bond acceptors (Lipinski definition) is 2. The molecule has 3 aromatic carbocycles.